The summed E-state index contributed by atoms with van der Waals surface area (Å²) in [4.78, 5) is 0. The zero-order chi connectivity index (χ0) is 5.11. The summed E-state index contributed by atoms with van der Waals surface area (Å²) in [6.07, 6.45) is 0. The summed E-state index contributed by atoms with van der Waals surface area (Å²) < 4.78 is 0. The molecule has 0 bridgehead atoms. The van der Waals surface area contributed by atoms with Crippen LogP contribution in [0, 0.1) is 0 Å². The quantitative estimate of drug-likeness (QED) is 0.646. The Hall–Kier alpha value is 0.421. The Morgan fingerprint density at radius 2 is 1.30 bits per heavy atom. The van der Waals surface area contributed by atoms with E-state index in [1.165, 1.54) is 0 Å². The molecule has 0 aliphatic heterocycles. The fourth-order valence-electron chi connectivity index (χ4n) is 0.428. The van der Waals surface area contributed by atoms with Crippen LogP contribution in [0.3, 0.4) is 0 Å². The molecule has 4 heteroatoms. The van der Waals surface area contributed by atoms with Crippen molar-refractivity contribution in [2.45, 2.75) is 0 Å². The molecule has 1 rings (SSSR count). The predicted molar refractivity (Wildman–Crippen MR) is 37.7 cm³/mol. The molecule has 0 aliphatic rings. The van der Waals surface area contributed by atoms with E-state index in [0.29, 0.717) is 5.75 Å². The summed E-state index contributed by atoms with van der Waals surface area (Å²) >= 11 is 0. The van der Waals surface area contributed by atoms with Crippen molar-refractivity contribution in [3.63, 3.8) is 0 Å². The summed E-state index contributed by atoms with van der Waals surface area (Å²) in [6.45, 7) is 0. The van der Waals surface area contributed by atoms with E-state index >= 15 is 0 Å². The van der Waals surface area contributed by atoms with E-state index in [2.05, 4.69) is 0 Å². The van der Waals surface area contributed by atoms with Crippen LogP contribution in [0.25, 0.3) is 0 Å². The topological polar surface area (TPSA) is 80.2 Å². The zero-order valence-corrected chi connectivity index (χ0v) is 8.91. The van der Waals surface area contributed by atoms with Gasteiger partial charge in [-0.05, 0) is 12.1 Å². The molecule has 52 valence electrons. The Labute approximate surface area is 96.6 Å². The average molecular weight is 216 g/mol. The normalized spacial score (nSPS) is 6.00. The number of hydrogen-bond donors (Lipinski definition) is 1. The van der Waals surface area contributed by atoms with Gasteiger partial charge in [0.1, 0.15) is 5.75 Å². The Balaban J connectivity index is -0.000000163. The number of benzene rings is 1. The van der Waals surface area contributed by atoms with Crippen LogP contribution in [-0.2, 0) is 0 Å². The molecular weight excluding hydrogens is 208 g/mol. The first kappa shape index (κ1) is 16.8. The van der Waals surface area contributed by atoms with Gasteiger partial charge in [-0.15, -0.1) is 0 Å². The molecule has 0 aliphatic carbocycles. The number of phenols is 1. The minimum atomic E-state index is 0. The molecule has 0 saturated carbocycles. The first-order chi connectivity index (χ1) is 3.39. The molecule has 0 radical (unpaired) electrons. The third kappa shape index (κ3) is 6.54. The molecule has 0 amide bonds. The Morgan fingerprint density at radius 1 is 0.900 bits per heavy atom. The molecule has 0 unspecified atom stereocenters. The molecule has 0 aromatic heterocycles. The van der Waals surface area contributed by atoms with Crippen molar-refractivity contribution in [3.05, 3.63) is 30.3 Å². The summed E-state index contributed by atoms with van der Waals surface area (Å²) in [5.74, 6) is 0.322. The minimum Gasteiger partial charge on any atom is -0.870 e. The summed E-state index contributed by atoms with van der Waals surface area (Å²) in [7, 11) is 0. The molecule has 0 spiro atoms. The Bertz CT molecular complexity index is 143. The van der Waals surface area contributed by atoms with Crippen LogP contribution in [0.15, 0.2) is 30.3 Å². The van der Waals surface area contributed by atoms with Gasteiger partial charge in [0.15, 0.2) is 0 Å². The number of aromatic hydroxyl groups is 1. The summed E-state index contributed by atoms with van der Waals surface area (Å²) in [6, 6.07) is 8.71. The Kier molecular flexibility index (Phi) is 15.8. The maximum atomic E-state index is 8.63. The van der Waals surface area contributed by atoms with Crippen LogP contribution in [0.4, 0.5) is 0 Å². The van der Waals surface area contributed by atoms with Crippen LogP contribution in [-0.4, -0.2) is 61.5 Å². The van der Waals surface area contributed by atoms with Crippen molar-refractivity contribution in [2.75, 3.05) is 0 Å². The van der Waals surface area contributed by atoms with E-state index < -0.39 is 0 Å². The van der Waals surface area contributed by atoms with Gasteiger partial charge in [0, 0.05) is 0 Å². The summed E-state index contributed by atoms with van der Waals surface area (Å²) in [5.41, 5.74) is 0. The Morgan fingerprint density at radius 3 is 1.50 bits per heavy atom. The van der Waals surface area contributed by atoms with Gasteiger partial charge < -0.3 is 16.1 Å². The summed E-state index contributed by atoms with van der Waals surface area (Å²) in [5, 5.41) is 8.63. The SMILES string of the molecule is Oc1ccccc1.[OH-].[OH-].[Sr+2]. The monoisotopic (exact) mass is 216 g/mol. The largest absolute Gasteiger partial charge is 2.00 e. The molecule has 3 N–H and O–H groups in total. The van der Waals surface area contributed by atoms with Gasteiger partial charge in [0.25, 0.3) is 0 Å². The van der Waals surface area contributed by atoms with E-state index in [-0.39, 0.29) is 56.4 Å². The third-order valence-electron chi connectivity index (χ3n) is 0.756. The average Bonchev–Trinajstić information content (AvgIpc) is 1.69. The first-order valence-electron chi connectivity index (χ1n) is 2.13. The van der Waals surface area contributed by atoms with Crippen LogP contribution in [0.1, 0.15) is 0 Å². The van der Waals surface area contributed by atoms with Crippen molar-refractivity contribution in [2.24, 2.45) is 0 Å². The maximum absolute atomic E-state index is 8.63. The number of rotatable bonds is 0. The van der Waals surface area contributed by atoms with E-state index in [4.69, 9.17) is 5.11 Å². The molecule has 1 aromatic rings. The van der Waals surface area contributed by atoms with Crippen molar-refractivity contribution in [1.82, 2.24) is 0 Å². The van der Waals surface area contributed by atoms with Crippen LogP contribution in [0.5, 0.6) is 5.75 Å². The molecular formula is C6H8O3Sr. The van der Waals surface area contributed by atoms with Crippen LogP contribution in [0.2, 0.25) is 0 Å². The van der Waals surface area contributed by atoms with Gasteiger partial charge in [-0.25, -0.2) is 0 Å². The van der Waals surface area contributed by atoms with E-state index in [9.17, 15) is 0 Å². The maximum Gasteiger partial charge on any atom is 2.00 e. The minimum absolute atomic E-state index is 0. The number of para-hydroxylation sites is 1. The van der Waals surface area contributed by atoms with E-state index in [1.807, 2.05) is 6.07 Å². The predicted octanol–water partition coefficient (Wildman–Crippen LogP) is 0.658. The van der Waals surface area contributed by atoms with Crippen LogP contribution >= 0.6 is 0 Å². The standard InChI is InChI=1S/C6H6O.2H2O.Sr/c7-6-4-2-1-3-5-6;;;/h1-5,7H;2*1H2;/q;;;+2/p-2. The number of phenolic OH excluding ortho intramolecular Hbond substituents is 1. The third-order valence-corrected chi connectivity index (χ3v) is 0.756. The zero-order valence-electron chi connectivity index (χ0n) is 5.44. The van der Waals surface area contributed by atoms with Crippen molar-refractivity contribution < 1.29 is 16.1 Å². The van der Waals surface area contributed by atoms with Crippen molar-refractivity contribution in [1.29, 1.82) is 0 Å². The smallest absolute Gasteiger partial charge is 0.870 e. The van der Waals surface area contributed by atoms with Crippen molar-refractivity contribution in [3.8, 4) is 5.75 Å². The second-order valence-electron chi connectivity index (χ2n) is 1.34. The fraction of sp³-hybridized carbons (Fsp3) is 0. The first-order valence-corrected chi connectivity index (χ1v) is 2.13. The molecule has 3 nitrogen and oxygen atoms in total. The molecule has 0 heterocycles. The van der Waals surface area contributed by atoms with Crippen LogP contribution < -0.4 is 0 Å². The van der Waals surface area contributed by atoms with Crippen molar-refractivity contribution >= 4 is 45.5 Å². The molecule has 1 aromatic carbocycles. The van der Waals surface area contributed by atoms with Gasteiger partial charge in [-0.3, -0.25) is 0 Å². The van der Waals surface area contributed by atoms with Gasteiger partial charge in [-0.1, -0.05) is 18.2 Å². The molecule has 10 heavy (non-hydrogen) atoms. The van der Waals surface area contributed by atoms with Gasteiger partial charge in [-0.2, -0.15) is 0 Å². The second kappa shape index (κ2) is 9.42. The molecule has 0 atom stereocenters. The van der Waals surface area contributed by atoms with Gasteiger partial charge >= 0.3 is 45.5 Å². The number of hydrogen-bond acceptors (Lipinski definition) is 3. The molecule has 0 saturated heterocycles. The van der Waals surface area contributed by atoms with Gasteiger partial charge in [0.05, 0.1) is 0 Å². The second-order valence-corrected chi connectivity index (χ2v) is 1.34. The van der Waals surface area contributed by atoms with E-state index in [1.54, 1.807) is 24.3 Å². The van der Waals surface area contributed by atoms with E-state index in [0.717, 1.165) is 0 Å². The fourth-order valence-corrected chi connectivity index (χ4v) is 0.428. The van der Waals surface area contributed by atoms with Gasteiger partial charge in [0.2, 0.25) is 0 Å². The molecule has 0 fully saturated rings.